The molecule has 0 amide bonds. The van der Waals surface area contributed by atoms with Crippen LogP contribution in [0.2, 0.25) is 0 Å². The van der Waals surface area contributed by atoms with E-state index in [1.165, 1.54) is 6.07 Å². The van der Waals surface area contributed by atoms with Gasteiger partial charge in [0.15, 0.2) is 5.92 Å². The van der Waals surface area contributed by atoms with Crippen molar-refractivity contribution in [2.24, 2.45) is 5.92 Å². The van der Waals surface area contributed by atoms with E-state index in [0.29, 0.717) is 9.35 Å². The van der Waals surface area contributed by atoms with E-state index < -0.39 is 24.3 Å². The number of thiophene rings is 1. The molecule has 1 N–H and O–H groups in total. The summed E-state index contributed by atoms with van der Waals surface area (Å²) in [5.74, 6) is -3.38. The van der Waals surface area contributed by atoms with Crippen molar-refractivity contribution in [2.75, 3.05) is 7.05 Å². The molecule has 0 aliphatic rings. The van der Waals surface area contributed by atoms with E-state index in [0.717, 1.165) is 18.4 Å². The molecule has 0 radical (unpaired) electrons. The van der Waals surface area contributed by atoms with Gasteiger partial charge in [0, 0.05) is 20.8 Å². The molecule has 0 bridgehead atoms. The monoisotopic (exact) mass is 369 g/mol. The quantitative estimate of drug-likeness (QED) is 0.776. The lowest BCUT2D eigenvalue weighted by Crippen LogP contribution is -2.50. The topological polar surface area (TPSA) is 12.0 Å². The summed E-state index contributed by atoms with van der Waals surface area (Å²) in [6.45, 7) is 0. The average Bonchev–Trinajstić information content (AvgIpc) is 2.58. The first-order valence-corrected chi connectivity index (χ1v) is 6.76. The van der Waals surface area contributed by atoms with E-state index in [2.05, 4.69) is 21.2 Å². The Hall–Kier alpha value is -0.280. The highest BCUT2D eigenvalue weighted by Crippen LogP contribution is 2.42. The standard InChI is InChI=1S/C10H10BrF6NS/c1-18-7(3-6-2-5(11)4-19-6)8(9(12,13)14)10(15,16)17/h2,4,7-8,18H,3H2,1H3. The lowest BCUT2D eigenvalue weighted by molar-refractivity contribution is -0.291. The van der Waals surface area contributed by atoms with Crippen LogP contribution in [0.4, 0.5) is 26.3 Å². The number of rotatable bonds is 4. The molecular weight excluding hydrogens is 360 g/mol. The Balaban J connectivity index is 2.97. The predicted molar refractivity (Wildman–Crippen MR) is 64.2 cm³/mol. The summed E-state index contributed by atoms with van der Waals surface area (Å²) in [6.07, 6.45) is -11.0. The van der Waals surface area contributed by atoms with Gasteiger partial charge in [-0.2, -0.15) is 26.3 Å². The molecule has 0 spiro atoms. The van der Waals surface area contributed by atoms with Gasteiger partial charge in [-0.05, 0) is 35.5 Å². The highest BCUT2D eigenvalue weighted by atomic mass is 79.9. The molecule has 0 saturated carbocycles. The van der Waals surface area contributed by atoms with Crippen molar-refractivity contribution >= 4 is 27.3 Å². The van der Waals surface area contributed by atoms with Crippen LogP contribution >= 0.6 is 27.3 Å². The molecule has 1 heterocycles. The second-order valence-electron chi connectivity index (χ2n) is 3.89. The summed E-state index contributed by atoms with van der Waals surface area (Å²) in [4.78, 5) is 0.449. The number of nitrogens with one attached hydrogen (secondary N) is 1. The Morgan fingerprint density at radius 1 is 1.21 bits per heavy atom. The van der Waals surface area contributed by atoms with Gasteiger partial charge in [0.25, 0.3) is 0 Å². The maximum Gasteiger partial charge on any atom is 0.402 e. The van der Waals surface area contributed by atoms with Crippen LogP contribution in [0.25, 0.3) is 0 Å². The van der Waals surface area contributed by atoms with Crippen LogP contribution < -0.4 is 5.32 Å². The first kappa shape index (κ1) is 16.8. The molecule has 0 aromatic carbocycles. The zero-order valence-corrected chi connectivity index (χ0v) is 12.0. The molecule has 9 heteroatoms. The van der Waals surface area contributed by atoms with Crippen molar-refractivity contribution in [1.82, 2.24) is 5.32 Å². The van der Waals surface area contributed by atoms with Crippen molar-refractivity contribution in [2.45, 2.75) is 24.8 Å². The molecule has 0 saturated heterocycles. The third-order valence-corrected chi connectivity index (χ3v) is 4.24. The summed E-state index contributed by atoms with van der Waals surface area (Å²) in [5.41, 5.74) is 0. The van der Waals surface area contributed by atoms with Gasteiger partial charge in [-0.1, -0.05) is 0 Å². The third kappa shape index (κ3) is 4.64. The number of likely N-dealkylation sites (N-methyl/N-ethyl adjacent to an activating group) is 1. The third-order valence-electron chi connectivity index (χ3n) is 2.52. The second kappa shape index (κ2) is 6.01. The van der Waals surface area contributed by atoms with Crippen LogP contribution in [0.5, 0.6) is 0 Å². The van der Waals surface area contributed by atoms with Gasteiger partial charge in [-0.25, -0.2) is 0 Å². The Bertz CT molecular complexity index is 399. The Morgan fingerprint density at radius 2 is 1.74 bits per heavy atom. The van der Waals surface area contributed by atoms with E-state index in [4.69, 9.17) is 0 Å². The van der Waals surface area contributed by atoms with Crippen LogP contribution in [-0.2, 0) is 6.42 Å². The first-order valence-electron chi connectivity index (χ1n) is 5.09. The Morgan fingerprint density at radius 3 is 2.05 bits per heavy atom. The van der Waals surface area contributed by atoms with Gasteiger partial charge in [-0.3, -0.25) is 0 Å². The molecule has 1 rings (SSSR count). The van der Waals surface area contributed by atoms with Gasteiger partial charge < -0.3 is 5.32 Å². The molecule has 1 nitrogen and oxygen atoms in total. The van der Waals surface area contributed by atoms with Crippen molar-refractivity contribution < 1.29 is 26.3 Å². The number of alkyl halides is 6. The van der Waals surface area contributed by atoms with Gasteiger partial charge in [0.1, 0.15) is 0 Å². The van der Waals surface area contributed by atoms with Gasteiger partial charge in [0.2, 0.25) is 0 Å². The van der Waals surface area contributed by atoms with Crippen LogP contribution in [0.15, 0.2) is 15.9 Å². The highest BCUT2D eigenvalue weighted by molar-refractivity contribution is 9.10. The van der Waals surface area contributed by atoms with Crippen molar-refractivity contribution in [3.8, 4) is 0 Å². The second-order valence-corrected chi connectivity index (χ2v) is 5.80. The lowest BCUT2D eigenvalue weighted by atomic mass is 9.95. The Labute approximate surface area is 118 Å². The molecule has 19 heavy (non-hydrogen) atoms. The van der Waals surface area contributed by atoms with Crippen LogP contribution in [0.1, 0.15) is 4.88 Å². The maximum absolute atomic E-state index is 12.6. The Kier molecular flexibility index (Phi) is 5.30. The molecule has 0 aliphatic carbocycles. The molecule has 1 unspecified atom stereocenters. The predicted octanol–water partition coefficient (Wildman–Crippen LogP) is 4.38. The van der Waals surface area contributed by atoms with Gasteiger partial charge >= 0.3 is 12.4 Å². The molecule has 1 atom stereocenters. The van der Waals surface area contributed by atoms with E-state index in [-0.39, 0.29) is 6.42 Å². The number of hydrogen-bond acceptors (Lipinski definition) is 2. The summed E-state index contributed by atoms with van der Waals surface area (Å²) in [5, 5.41) is 3.73. The molecular formula is C10H10BrF6NS. The summed E-state index contributed by atoms with van der Waals surface area (Å²) >= 11 is 4.22. The minimum atomic E-state index is -5.33. The van der Waals surface area contributed by atoms with Gasteiger partial charge in [-0.15, -0.1) is 11.3 Å². The minimum Gasteiger partial charge on any atom is -0.316 e. The lowest BCUT2D eigenvalue weighted by Gasteiger charge is -2.30. The number of hydrogen-bond donors (Lipinski definition) is 1. The van der Waals surface area contributed by atoms with E-state index in [1.54, 1.807) is 5.38 Å². The summed E-state index contributed by atoms with van der Waals surface area (Å²) in [6, 6.07) is -0.232. The SMILES string of the molecule is CNC(Cc1cc(Br)cs1)C(C(F)(F)F)C(F)(F)F. The normalized spacial score (nSPS) is 15.0. The smallest absolute Gasteiger partial charge is 0.316 e. The minimum absolute atomic E-state index is 0.337. The first-order chi connectivity index (χ1) is 8.55. The van der Waals surface area contributed by atoms with Crippen molar-refractivity contribution in [1.29, 1.82) is 0 Å². The zero-order valence-electron chi connectivity index (χ0n) is 9.57. The van der Waals surface area contributed by atoms with E-state index in [9.17, 15) is 26.3 Å². The summed E-state index contributed by atoms with van der Waals surface area (Å²) in [7, 11) is 1.10. The zero-order chi connectivity index (χ0) is 14.8. The molecule has 110 valence electrons. The fourth-order valence-electron chi connectivity index (χ4n) is 1.71. The fraction of sp³-hybridized carbons (Fsp3) is 0.600. The highest BCUT2D eigenvalue weighted by Gasteiger charge is 2.59. The van der Waals surface area contributed by atoms with Crippen LogP contribution in [0, 0.1) is 5.92 Å². The van der Waals surface area contributed by atoms with Crippen molar-refractivity contribution in [3.63, 3.8) is 0 Å². The molecule has 0 fully saturated rings. The maximum atomic E-state index is 12.6. The average molecular weight is 370 g/mol. The largest absolute Gasteiger partial charge is 0.402 e. The van der Waals surface area contributed by atoms with E-state index in [1.807, 2.05) is 0 Å². The molecule has 1 aromatic rings. The van der Waals surface area contributed by atoms with Crippen LogP contribution in [0.3, 0.4) is 0 Å². The fourth-order valence-corrected chi connectivity index (χ4v) is 3.22. The molecule has 0 aliphatic heterocycles. The molecule has 1 aromatic heterocycles. The summed E-state index contributed by atoms with van der Waals surface area (Å²) < 4.78 is 76.2. The van der Waals surface area contributed by atoms with Crippen LogP contribution in [-0.4, -0.2) is 25.4 Å². The number of halogens is 7. The van der Waals surface area contributed by atoms with E-state index >= 15 is 0 Å². The van der Waals surface area contributed by atoms with Gasteiger partial charge in [0.05, 0.1) is 0 Å². The van der Waals surface area contributed by atoms with Crippen molar-refractivity contribution in [3.05, 3.63) is 20.8 Å².